The van der Waals surface area contributed by atoms with Crippen molar-refractivity contribution in [2.24, 2.45) is 5.92 Å². The smallest absolute Gasteiger partial charge is 0.141 e. The lowest BCUT2D eigenvalue weighted by Crippen LogP contribution is -2.46. The highest BCUT2D eigenvalue weighted by molar-refractivity contribution is 5.08. The van der Waals surface area contributed by atoms with Crippen LogP contribution in [0.3, 0.4) is 0 Å². The van der Waals surface area contributed by atoms with Gasteiger partial charge in [0.05, 0.1) is 6.20 Å². The summed E-state index contributed by atoms with van der Waals surface area (Å²) in [5.41, 5.74) is 0. The molecular weight excluding hydrogens is 164 g/mol. The van der Waals surface area contributed by atoms with Gasteiger partial charge in [0, 0.05) is 18.5 Å². The Morgan fingerprint density at radius 3 is 2.77 bits per heavy atom. The van der Waals surface area contributed by atoms with Gasteiger partial charge in [0.2, 0.25) is 0 Å². The van der Waals surface area contributed by atoms with Gasteiger partial charge in [-0.3, -0.25) is 0 Å². The molecule has 0 spiro atoms. The van der Waals surface area contributed by atoms with Crippen molar-refractivity contribution in [3.05, 3.63) is 18.0 Å². The SMILES string of the molecule is c1cc(C2CN3CCC2CC3)on1. The van der Waals surface area contributed by atoms with E-state index in [1.165, 1.54) is 32.5 Å². The molecule has 4 heterocycles. The van der Waals surface area contributed by atoms with E-state index in [9.17, 15) is 0 Å². The summed E-state index contributed by atoms with van der Waals surface area (Å²) < 4.78 is 5.25. The van der Waals surface area contributed by atoms with E-state index in [0.29, 0.717) is 5.92 Å². The number of hydrogen-bond donors (Lipinski definition) is 0. The van der Waals surface area contributed by atoms with Crippen molar-refractivity contribution in [3.63, 3.8) is 0 Å². The van der Waals surface area contributed by atoms with E-state index in [2.05, 4.69) is 10.1 Å². The Labute approximate surface area is 77.7 Å². The van der Waals surface area contributed by atoms with Crippen molar-refractivity contribution < 1.29 is 4.52 Å². The van der Waals surface area contributed by atoms with Crippen LogP contribution in [0.4, 0.5) is 0 Å². The third-order valence-electron chi connectivity index (χ3n) is 3.48. The first-order valence-electron chi connectivity index (χ1n) is 5.06. The maximum atomic E-state index is 5.25. The fourth-order valence-electron chi connectivity index (χ4n) is 2.70. The van der Waals surface area contributed by atoms with E-state index >= 15 is 0 Å². The van der Waals surface area contributed by atoms with E-state index < -0.39 is 0 Å². The second-order valence-corrected chi connectivity index (χ2v) is 4.16. The molecular formula is C10H14N2O. The molecule has 13 heavy (non-hydrogen) atoms. The van der Waals surface area contributed by atoms with Gasteiger partial charge in [0.15, 0.2) is 0 Å². The Hall–Kier alpha value is -0.830. The first-order chi connectivity index (χ1) is 6.43. The molecule has 3 aliphatic heterocycles. The van der Waals surface area contributed by atoms with Crippen LogP contribution in [0.5, 0.6) is 0 Å². The molecule has 70 valence electrons. The minimum Gasteiger partial charge on any atom is -0.361 e. The van der Waals surface area contributed by atoms with Crippen LogP contribution in [0.25, 0.3) is 0 Å². The first kappa shape index (κ1) is 7.56. The molecule has 1 aromatic heterocycles. The second kappa shape index (κ2) is 2.84. The van der Waals surface area contributed by atoms with Crippen LogP contribution < -0.4 is 0 Å². The van der Waals surface area contributed by atoms with Gasteiger partial charge in [-0.05, 0) is 31.8 Å². The van der Waals surface area contributed by atoms with Crippen LogP contribution in [-0.2, 0) is 0 Å². The van der Waals surface area contributed by atoms with E-state index in [-0.39, 0.29) is 0 Å². The zero-order valence-corrected chi connectivity index (χ0v) is 7.65. The van der Waals surface area contributed by atoms with Crippen LogP contribution in [0, 0.1) is 5.92 Å². The Bertz CT molecular complexity index is 275. The summed E-state index contributed by atoms with van der Waals surface area (Å²) in [7, 11) is 0. The minimum absolute atomic E-state index is 0.616. The highest BCUT2D eigenvalue weighted by Crippen LogP contribution is 2.38. The molecule has 1 aromatic rings. The molecule has 1 atom stereocenters. The number of nitrogens with zero attached hydrogens (tertiary/aromatic N) is 2. The van der Waals surface area contributed by atoms with Crippen molar-refractivity contribution in [1.29, 1.82) is 0 Å². The lowest BCUT2D eigenvalue weighted by atomic mass is 9.78. The molecule has 3 heteroatoms. The maximum Gasteiger partial charge on any atom is 0.141 e. The van der Waals surface area contributed by atoms with Gasteiger partial charge in [0.1, 0.15) is 5.76 Å². The molecule has 1 unspecified atom stereocenters. The fraction of sp³-hybridized carbons (Fsp3) is 0.700. The summed E-state index contributed by atoms with van der Waals surface area (Å²) in [6.07, 6.45) is 4.43. The van der Waals surface area contributed by atoms with E-state index in [4.69, 9.17) is 4.52 Å². The zero-order chi connectivity index (χ0) is 8.67. The summed E-state index contributed by atoms with van der Waals surface area (Å²) in [6.45, 7) is 3.75. The monoisotopic (exact) mass is 178 g/mol. The highest BCUT2D eigenvalue weighted by atomic mass is 16.5. The maximum absolute atomic E-state index is 5.25. The van der Waals surface area contributed by atoms with Gasteiger partial charge in [-0.1, -0.05) is 5.16 Å². The zero-order valence-electron chi connectivity index (χ0n) is 7.65. The Morgan fingerprint density at radius 2 is 2.23 bits per heavy atom. The third-order valence-corrected chi connectivity index (χ3v) is 3.48. The third kappa shape index (κ3) is 1.18. The van der Waals surface area contributed by atoms with Gasteiger partial charge in [-0.25, -0.2) is 0 Å². The number of aromatic nitrogens is 1. The van der Waals surface area contributed by atoms with Crippen LogP contribution in [0.15, 0.2) is 16.8 Å². The number of fused-ring (bicyclic) bond motifs is 3. The molecule has 0 aromatic carbocycles. The largest absolute Gasteiger partial charge is 0.361 e. The highest BCUT2D eigenvalue weighted by Gasteiger charge is 2.36. The molecule has 3 nitrogen and oxygen atoms in total. The van der Waals surface area contributed by atoms with E-state index in [0.717, 1.165) is 11.7 Å². The summed E-state index contributed by atoms with van der Waals surface area (Å²) in [6, 6.07) is 2.02. The summed E-state index contributed by atoms with van der Waals surface area (Å²) in [5, 5.41) is 3.79. The van der Waals surface area contributed by atoms with Gasteiger partial charge >= 0.3 is 0 Å². The van der Waals surface area contributed by atoms with Crippen molar-refractivity contribution >= 4 is 0 Å². The van der Waals surface area contributed by atoms with Crippen LogP contribution >= 0.6 is 0 Å². The number of rotatable bonds is 1. The lowest BCUT2D eigenvalue weighted by Gasteiger charge is -2.43. The molecule has 3 saturated heterocycles. The van der Waals surface area contributed by atoms with Crippen molar-refractivity contribution in [1.82, 2.24) is 10.1 Å². The molecule has 2 bridgehead atoms. The second-order valence-electron chi connectivity index (χ2n) is 4.16. The lowest BCUT2D eigenvalue weighted by molar-refractivity contribution is 0.0750. The van der Waals surface area contributed by atoms with Gasteiger partial charge in [-0.15, -0.1) is 0 Å². The van der Waals surface area contributed by atoms with Crippen molar-refractivity contribution in [2.75, 3.05) is 19.6 Å². The van der Waals surface area contributed by atoms with E-state index in [1.54, 1.807) is 6.20 Å². The first-order valence-corrected chi connectivity index (χ1v) is 5.06. The van der Waals surface area contributed by atoms with Crippen LogP contribution in [0.1, 0.15) is 24.5 Å². The Morgan fingerprint density at radius 1 is 1.38 bits per heavy atom. The molecule has 0 amide bonds. The van der Waals surface area contributed by atoms with Crippen LogP contribution in [0.2, 0.25) is 0 Å². The van der Waals surface area contributed by atoms with Gasteiger partial charge in [-0.2, -0.15) is 0 Å². The predicted octanol–water partition coefficient (Wildman–Crippen LogP) is 1.48. The average molecular weight is 178 g/mol. The van der Waals surface area contributed by atoms with Crippen LogP contribution in [-0.4, -0.2) is 29.7 Å². The van der Waals surface area contributed by atoms with Crippen molar-refractivity contribution in [2.45, 2.75) is 18.8 Å². The average Bonchev–Trinajstić information content (AvgIpc) is 2.72. The number of hydrogen-bond acceptors (Lipinski definition) is 3. The Balaban J connectivity index is 1.85. The fourth-order valence-corrected chi connectivity index (χ4v) is 2.70. The number of piperidine rings is 3. The van der Waals surface area contributed by atoms with E-state index in [1.807, 2.05) is 6.07 Å². The predicted molar refractivity (Wildman–Crippen MR) is 48.4 cm³/mol. The topological polar surface area (TPSA) is 29.3 Å². The standard InChI is InChI=1S/C10H14N2O/c1-4-11-13-10(1)9-7-12-5-2-8(9)3-6-12/h1,4,8-9H,2-3,5-7H2. The normalized spacial score (nSPS) is 38.0. The molecule has 3 fully saturated rings. The summed E-state index contributed by atoms with van der Waals surface area (Å²) >= 11 is 0. The van der Waals surface area contributed by atoms with Gasteiger partial charge < -0.3 is 9.42 Å². The summed E-state index contributed by atoms with van der Waals surface area (Å²) in [4.78, 5) is 2.53. The van der Waals surface area contributed by atoms with Gasteiger partial charge in [0.25, 0.3) is 0 Å². The Kier molecular flexibility index (Phi) is 1.65. The van der Waals surface area contributed by atoms with Crippen molar-refractivity contribution in [3.8, 4) is 0 Å². The molecule has 0 N–H and O–H groups in total. The molecule has 0 saturated carbocycles. The molecule has 4 rings (SSSR count). The minimum atomic E-state index is 0.616. The molecule has 0 aliphatic carbocycles. The summed E-state index contributed by atoms with van der Waals surface area (Å²) in [5.74, 6) is 2.55. The quantitative estimate of drug-likeness (QED) is 0.652. The molecule has 3 aliphatic rings. The molecule has 0 radical (unpaired) electrons.